The number of nitriles is 1. The van der Waals surface area contributed by atoms with Gasteiger partial charge in [-0.05, 0) is 37.2 Å². The summed E-state index contributed by atoms with van der Waals surface area (Å²) in [5, 5.41) is 19.2. The normalized spacial score (nSPS) is 22.3. The van der Waals surface area contributed by atoms with Crippen molar-refractivity contribution in [1.82, 2.24) is 5.32 Å². The van der Waals surface area contributed by atoms with Gasteiger partial charge in [-0.2, -0.15) is 5.26 Å². The highest BCUT2D eigenvalue weighted by molar-refractivity contribution is 7.80. The molecule has 0 amide bonds. The SMILES string of the molecule is CCCCC[C@@H](C=CC1C(O[Si](c2ccccc2)(c2ccccc2)C(C)(C)C)CC2(C#N)NC(=S)CC12)O[Si](c1ccccc1)(c1ccccc1)C(C)(C)C. The van der Waals surface area contributed by atoms with Crippen molar-refractivity contribution in [3.63, 3.8) is 0 Å². The first-order chi connectivity index (χ1) is 26.3. The molecule has 4 nitrogen and oxygen atoms in total. The molecule has 4 aromatic rings. The molecule has 5 atom stereocenters. The van der Waals surface area contributed by atoms with Crippen LogP contribution in [0.15, 0.2) is 133 Å². The smallest absolute Gasteiger partial charge is 0.261 e. The summed E-state index contributed by atoms with van der Waals surface area (Å²) in [6.07, 6.45) is 9.96. The van der Waals surface area contributed by atoms with Crippen LogP contribution in [0.5, 0.6) is 0 Å². The Labute approximate surface area is 338 Å². The zero-order valence-electron chi connectivity index (χ0n) is 33.9. The average molecular weight is 785 g/mol. The predicted molar refractivity (Wildman–Crippen MR) is 239 cm³/mol. The van der Waals surface area contributed by atoms with Gasteiger partial charge in [0.05, 0.1) is 23.3 Å². The maximum atomic E-state index is 10.9. The molecule has 1 N–H and O–H groups in total. The lowest BCUT2D eigenvalue weighted by atomic mass is 9.84. The van der Waals surface area contributed by atoms with Crippen molar-refractivity contribution in [3.05, 3.63) is 133 Å². The molecule has 7 heteroatoms. The first kappa shape index (κ1) is 41.0. The van der Waals surface area contributed by atoms with Gasteiger partial charge in [0.1, 0.15) is 5.54 Å². The second-order valence-corrected chi connectivity index (χ2v) is 26.7. The van der Waals surface area contributed by atoms with Crippen LogP contribution in [0.25, 0.3) is 0 Å². The zero-order chi connectivity index (χ0) is 39.3. The molecule has 0 bridgehead atoms. The monoisotopic (exact) mass is 784 g/mol. The van der Waals surface area contributed by atoms with Crippen LogP contribution in [0.1, 0.15) is 87.0 Å². The molecule has 1 heterocycles. The lowest BCUT2D eigenvalue weighted by Crippen LogP contribution is -2.68. The van der Waals surface area contributed by atoms with Crippen molar-refractivity contribution in [2.75, 3.05) is 0 Å². The van der Waals surface area contributed by atoms with Crippen LogP contribution in [0.2, 0.25) is 10.1 Å². The molecule has 1 saturated carbocycles. The van der Waals surface area contributed by atoms with Gasteiger partial charge in [-0.25, -0.2) is 0 Å². The maximum Gasteiger partial charge on any atom is 0.261 e. The van der Waals surface area contributed by atoms with Gasteiger partial charge in [0, 0.05) is 24.7 Å². The summed E-state index contributed by atoms with van der Waals surface area (Å²) in [6.45, 7) is 16.3. The number of thiocarbonyl (C=S) groups is 1. The molecule has 0 radical (unpaired) electrons. The molecule has 0 aromatic heterocycles. The fraction of sp³-hybridized carbons (Fsp3) is 0.417. The summed E-state index contributed by atoms with van der Waals surface area (Å²) in [6, 6.07) is 46.4. The summed E-state index contributed by atoms with van der Waals surface area (Å²) < 4.78 is 15.7. The van der Waals surface area contributed by atoms with Gasteiger partial charge < -0.3 is 14.2 Å². The molecule has 288 valence electrons. The molecule has 4 unspecified atom stereocenters. The number of hydrogen-bond acceptors (Lipinski definition) is 4. The van der Waals surface area contributed by atoms with Crippen LogP contribution < -0.4 is 26.1 Å². The molecule has 1 aliphatic heterocycles. The number of fused-ring (bicyclic) bond motifs is 1. The van der Waals surface area contributed by atoms with Gasteiger partial charge in [0.25, 0.3) is 16.6 Å². The number of benzene rings is 4. The van der Waals surface area contributed by atoms with Crippen molar-refractivity contribution in [2.24, 2.45) is 11.8 Å². The Hall–Kier alpha value is -3.65. The van der Waals surface area contributed by atoms with E-state index in [4.69, 9.17) is 21.1 Å². The molecule has 6 rings (SSSR count). The molecule has 55 heavy (non-hydrogen) atoms. The Balaban J connectivity index is 1.48. The second kappa shape index (κ2) is 16.8. The topological polar surface area (TPSA) is 54.3 Å². The molecule has 2 aliphatic rings. The fourth-order valence-corrected chi connectivity index (χ4v) is 19.3. The van der Waals surface area contributed by atoms with E-state index >= 15 is 0 Å². The highest BCUT2D eigenvalue weighted by Crippen LogP contribution is 2.51. The molecule has 0 spiro atoms. The molecule has 1 saturated heterocycles. The first-order valence-electron chi connectivity index (χ1n) is 20.3. The quantitative estimate of drug-likeness (QED) is 0.0599. The third-order valence-electron chi connectivity index (χ3n) is 12.1. The van der Waals surface area contributed by atoms with Gasteiger partial charge in [-0.3, -0.25) is 0 Å². The van der Waals surface area contributed by atoms with E-state index in [2.05, 4.69) is 193 Å². The Morgan fingerprint density at radius 3 is 1.64 bits per heavy atom. The fourth-order valence-electron chi connectivity index (χ4n) is 9.56. The second-order valence-electron chi connectivity index (χ2n) is 17.7. The first-order valence-corrected chi connectivity index (χ1v) is 24.5. The summed E-state index contributed by atoms with van der Waals surface area (Å²) >= 11 is 5.81. The number of unbranched alkanes of at least 4 members (excludes halogenated alkanes) is 2. The average Bonchev–Trinajstić information content (AvgIpc) is 3.65. The van der Waals surface area contributed by atoms with E-state index in [0.29, 0.717) is 12.8 Å². The summed E-state index contributed by atoms with van der Waals surface area (Å²) in [5.74, 6) is -0.0423. The highest BCUT2D eigenvalue weighted by atomic mass is 32.1. The number of rotatable bonds is 14. The number of hydrogen-bond donors (Lipinski definition) is 1. The minimum absolute atomic E-state index is 0.00591. The minimum atomic E-state index is -2.93. The predicted octanol–water partition coefficient (Wildman–Crippen LogP) is 9.23. The lowest BCUT2D eigenvalue weighted by Gasteiger charge is -2.46. The van der Waals surface area contributed by atoms with Crippen LogP contribution in [-0.2, 0) is 8.85 Å². The Morgan fingerprint density at radius 1 is 0.764 bits per heavy atom. The van der Waals surface area contributed by atoms with Gasteiger partial charge in [0.2, 0.25) is 0 Å². The van der Waals surface area contributed by atoms with Gasteiger partial charge in [-0.1, -0.05) is 213 Å². The molecular weight excluding hydrogens is 725 g/mol. The van der Waals surface area contributed by atoms with Gasteiger partial charge in [0.15, 0.2) is 0 Å². The largest absolute Gasteiger partial charge is 0.404 e. The Bertz CT molecular complexity index is 1860. The Kier molecular flexibility index (Phi) is 12.6. The van der Waals surface area contributed by atoms with Crippen molar-refractivity contribution >= 4 is 54.6 Å². The molecule has 1 aliphatic carbocycles. The van der Waals surface area contributed by atoms with Crippen molar-refractivity contribution < 1.29 is 8.85 Å². The third kappa shape index (κ3) is 7.99. The minimum Gasteiger partial charge on any atom is -0.404 e. The van der Waals surface area contributed by atoms with E-state index in [9.17, 15) is 5.26 Å². The highest BCUT2D eigenvalue weighted by Gasteiger charge is 2.61. The van der Waals surface area contributed by atoms with E-state index in [1.165, 1.54) is 20.7 Å². The van der Waals surface area contributed by atoms with Crippen LogP contribution in [0.4, 0.5) is 0 Å². The van der Waals surface area contributed by atoms with E-state index in [1.54, 1.807) is 0 Å². The maximum absolute atomic E-state index is 10.9. The van der Waals surface area contributed by atoms with Crippen molar-refractivity contribution in [2.45, 2.75) is 115 Å². The summed E-state index contributed by atoms with van der Waals surface area (Å²) in [7, 11) is -5.77. The summed E-state index contributed by atoms with van der Waals surface area (Å²) in [4.78, 5) is 0.775. The zero-order valence-corrected chi connectivity index (χ0v) is 36.7. The lowest BCUT2D eigenvalue weighted by molar-refractivity contribution is 0.153. The standard InChI is InChI=1S/C48H60N2O2SSi2/c1-8-9-14-23-37(51-54(46(2,3)4,38-24-15-10-16-25-38)39-26-17-11-18-27-39)32-33-42-43-34-45(53)50-48(43,36-49)35-44(42)52-55(47(5,6)7,40-28-19-12-20-29-40)41-30-21-13-22-31-41/h10-13,15-22,24-33,37,42-44H,8-9,14,23,34-35H2,1-7H3,(H,50,53)/t37-,42?,43?,44?,48?/m0/s1. The van der Waals surface area contributed by atoms with Gasteiger partial charge in [-0.15, -0.1) is 0 Å². The van der Waals surface area contributed by atoms with E-state index in [1.807, 2.05) is 0 Å². The van der Waals surface area contributed by atoms with Crippen LogP contribution in [0, 0.1) is 23.2 Å². The third-order valence-corrected chi connectivity index (χ3v) is 22.5. The van der Waals surface area contributed by atoms with Crippen LogP contribution in [-0.4, -0.2) is 39.4 Å². The molecule has 2 fully saturated rings. The molecular formula is C48H60N2O2SSi2. The Morgan fingerprint density at radius 2 is 1.22 bits per heavy atom. The number of nitrogens with one attached hydrogen (secondary N) is 1. The van der Waals surface area contributed by atoms with E-state index in [0.717, 1.165) is 30.7 Å². The van der Waals surface area contributed by atoms with Crippen LogP contribution >= 0.6 is 12.2 Å². The summed E-state index contributed by atoms with van der Waals surface area (Å²) in [5.41, 5.74) is -0.779. The van der Waals surface area contributed by atoms with Gasteiger partial charge >= 0.3 is 0 Å². The van der Waals surface area contributed by atoms with E-state index < -0.39 is 22.2 Å². The number of nitrogens with zero attached hydrogens (tertiary/aromatic N) is 1. The van der Waals surface area contributed by atoms with E-state index in [-0.39, 0.29) is 34.1 Å². The van der Waals surface area contributed by atoms with Crippen molar-refractivity contribution in [3.8, 4) is 6.07 Å². The molecule has 4 aromatic carbocycles. The van der Waals surface area contributed by atoms with Crippen molar-refractivity contribution in [1.29, 1.82) is 5.26 Å². The van der Waals surface area contributed by atoms with Crippen LogP contribution in [0.3, 0.4) is 0 Å².